The topological polar surface area (TPSA) is 85.2 Å². The highest BCUT2D eigenvalue weighted by Crippen LogP contribution is 2.16. The average molecular weight is 205 g/mol. The number of aromatic nitrogens is 2. The van der Waals surface area contributed by atoms with Gasteiger partial charge in [0.05, 0.1) is 6.61 Å². The summed E-state index contributed by atoms with van der Waals surface area (Å²) in [5.41, 5.74) is 6.40. The fraction of sp³-hybridized carbons (Fsp3) is 0.200. The van der Waals surface area contributed by atoms with Gasteiger partial charge in [-0.05, 0) is 0 Å². The van der Waals surface area contributed by atoms with E-state index in [0.717, 1.165) is 5.56 Å². The van der Waals surface area contributed by atoms with E-state index in [2.05, 4.69) is 10.1 Å². The molecule has 0 saturated carbocycles. The van der Waals surface area contributed by atoms with Crippen molar-refractivity contribution in [2.45, 2.75) is 6.04 Å². The Hall–Kier alpha value is -1.72. The second-order valence-corrected chi connectivity index (χ2v) is 3.11. The predicted octanol–water partition coefficient (Wildman–Crippen LogP) is 0.729. The molecule has 15 heavy (non-hydrogen) atoms. The molecule has 1 aromatic heterocycles. The van der Waals surface area contributed by atoms with Gasteiger partial charge in [-0.1, -0.05) is 35.5 Å². The van der Waals surface area contributed by atoms with E-state index in [1.165, 1.54) is 0 Å². The zero-order valence-electron chi connectivity index (χ0n) is 8.00. The van der Waals surface area contributed by atoms with Crippen LogP contribution in [-0.2, 0) is 0 Å². The van der Waals surface area contributed by atoms with Crippen molar-refractivity contribution in [1.29, 1.82) is 0 Å². The van der Waals surface area contributed by atoms with Gasteiger partial charge < -0.3 is 15.4 Å². The molecule has 0 aliphatic heterocycles. The fourth-order valence-corrected chi connectivity index (χ4v) is 1.17. The van der Waals surface area contributed by atoms with Crippen molar-refractivity contribution in [3.05, 3.63) is 36.2 Å². The first-order chi connectivity index (χ1) is 7.31. The molecular formula is C10H11N3O2. The Morgan fingerprint density at radius 1 is 1.33 bits per heavy atom. The summed E-state index contributed by atoms with van der Waals surface area (Å²) >= 11 is 0. The second-order valence-electron chi connectivity index (χ2n) is 3.11. The normalized spacial score (nSPS) is 12.7. The minimum absolute atomic E-state index is 0.212. The largest absolute Gasteiger partial charge is 0.394 e. The lowest BCUT2D eigenvalue weighted by atomic mass is 10.2. The molecule has 0 aliphatic rings. The third-order valence-corrected chi connectivity index (χ3v) is 1.99. The minimum atomic E-state index is -0.616. The van der Waals surface area contributed by atoms with Crippen LogP contribution in [0, 0.1) is 0 Å². The molecule has 0 fully saturated rings. The van der Waals surface area contributed by atoms with Crippen LogP contribution >= 0.6 is 0 Å². The van der Waals surface area contributed by atoms with E-state index < -0.39 is 6.04 Å². The monoisotopic (exact) mass is 205 g/mol. The van der Waals surface area contributed by atoms with Gasteiger partial charge in [0.25, 0.3) is 0 Å². The van der Waals surface area contributed by atoms with Crippen LogP contribution in [0.15, 0.2) is 34.9 Å². The fourth-order valence-electron chi connectivity index (χ4n) is 1.17. The number of hydrogen-bond donors (Lipinski definition) is 2. The Balaban J connectivity index is 2.28. The van der Waals surface area contributed by atoms with Crippen molar-refractivity contribution >= 4 is 0 Å². The van der Waals surface area contributed by atoms with Crippen molar-refractivity contribution < 1.29 is 9.63 Å². The third kappa shape index (κ3) is 2.03. The van der Waals surface area contributed by atoms with Crippen LogP contribution < -0.4 is 5.73 Å². The first-order valence-electron chi connectivity index (χ1n) is 4.56. The SMILES string of the molecule is NC(CO)c1nc(-c2ccccc2)no1. The molecule has 0 bridgehead atoms. The Labute approximate surface area is 86.5 Å². The van der Waals surface area contributed by atoms with Gasteiger partial charge in [0.2, 0.25) is 11.7 Å². The molecule has 2 rings (SSSR count). The first-order valence-corrected chi connectivity index (χ1v) is 4.56. The Morgan fingerprint density at radius 2 is 2.07 bits per heavy atom. The second kappa shape index (κ2) is 4.20. The maximum atomic E-state index is 8.82. The van der Waals surface area contributed by atoms with Gasteiger partial charge in [0.1, 0.15) is 6.04 Å². The van der Waals surface area contributed by atoms with Crippen molar-refractivity contribution in [2.75, 3.05) is 6.61 Å². The summed E-state index contributed by atoms with van der Waals surface area (Å²) in [5, 5.41) is 12.6. The smallest absolute Gasteiger partial charge is 0.246 e. The van der Waals surface area contributed by atoms with Crippen molar-refractivity contribution in [3.63, 3.8) is 0 Å². The predicted molar refractivity (Wildman–Crippen MR) is 53.7 cm³/mol. The molecule has 0 amide bonds. The number of rotatable bonds is 3. The number of nitrogens with zero attached hydrogens (tertiary/aromatic N) is 2. The molecule has 1 unspecified atom stereocenters. The standard InChI is InChI=1S/C10H11N3O2/c11-8(6-14)10-12-9(13-15-10)7-4-2-1-3-5-7/h1-5,8,14H,6,11H2. The number of nitrogens with two attached hydrogens (primary N) is 1. The van der Waals surface area contributed by atoms with Crippen LogP contribution in [0.3, 0.4) is 0 Å². The van der Waals surface area contributed by atoms with Crippen molar-refractivity contribution in [2.24, 2.45) is 5.73 Å². The minimum Gasteiger partial charge on any atom is -0.394 e. The summed E-state index contributed by atoms with van der Waals surface area (Å²) in [6, 6.07) is 8.81. The summed E-state index contributed by atoms with van der Waals surface area (Å²) in [6.07, 6.45) is 0. The summed E-state index contributed by atoms with van der Waals surface area (Å²) in [5.74, 6) is 0.728. The van der Waals surface area contributed by atoms with Crippen LogP contribution in [-0.4, -0.2) is 21.9 Å². The van der Waals surface area contributed by atoms with Crippen LogP contribution in [0.2, 0.25) is 0 Å². The van der Waals surface area contributed by atoms with Gasteiger partial charge in [-0.15, -0.1) is 0 Å². The molecule has 1 heterocycles. The highest BCUT2D eigenvalue weighted by Gasteiger charge is 2.14. The van der Waals surface area contributed by atoms with E-state index in [1.54, 1.807) is 0 Å². The van der Waals surface area contributed by atoms with E-state index in [4.69, 9.17) is 15.4 Å². The Morgan fingerprint density at radius 3 is 2.73 bits per heavy atom. The van der Waals surface area contributed by atoms with E-state index in [1.807, 2.05) is 30.3 Å². The maximum absolute atomic E-state index is 8.82. The van der Waals surface area contributed by atoms with Crippen LogP contribution in [0.25, 0.3) is 11.4 Å². The summed E-state index contributed by atoms with van der Waals surface area (Å²) < 4.78 is 4.93. The van der Waals surface area contributed by atoms with E-state index in [-0.39, 0.29) is 12.5 Å². The van der Waals surface area contributed by atoms with Gasteiger partial charge >= 0.3 is 0 Å². The van der Waals surface area contributed by atoms with Crippen LogP contribution in [0.4, 0.5) is 0 Å². The number of aliphatic hydroxyl groups excluding tert-OH is 1. The summed E-state index contributed by atoms with van der Waals surface area (Å²) in [6.45, 7) is -0.212. The maximum Gasteiger partial charge on any atom is 0.246 e. The highest BCUT2D eigenvalue weighted by molar-refractivity contribution is 5.53. The zero-order chi connectivity index (χ0) is 10.7. The summed E-state index contributed by atoms with van der Waals surface area (Å²) in [7, 11) is 0. The lowest BCUT2D eigenvalue weighted by Gasteiger charge is -1.98. The van der Waals surface area contributed by atoms with Gasteiger partial charge in [-0.3, -0.25) is 0 Å². The van der Waals surface area contributed by atoms with Crippen LogP contribution in [0.1, 0.15) is 11.9 Å². The Kier molecular flexibility index (Phi) is 2.75. The molecule has 0 spiro atoms. The molecule has 5 nitrogen and oxygen atoms in total. The van der Waals surface area contributed by atoms with Crippen molar-refractivity contribution in [1.82, 2.24) is 10.1 Å². The van der Waals surface area contributed by atoms with Gasteiger partial charge in [-0.25, -0.2) is 0 Å². The molecule has 1 atom stereocenters. The number of hydrogen-bond acceptors (Lipinski definition) is 5. The van der Waals surface area contributed by atoms with E-state index >= 15 is 0 Å². The van der Waals surface area contributed by atoms with E-state index in [9.17, 15) is 0 Å². The quantitative estimate of drug-likeness (QED) is 0.771. The zero-order valence-corrected chi connectivity index (χ0v) is 8.00. The van der Waals surface area contributed by atoms with Crippen LogP contribution in [0.5, 0.6) is 0 Å². The lowest BCUT2D eigenvalue weighted by Crippen LogP contribution is -2.14. The van der Waals surface area contributed by atoms with Gasteiger partial charge in [0.15, 0.2) is 0 Å². The molecular weight excluding hydrogens is 194 g/mol. The summed E-state index contributed by atoms with van der Waals surface area (Å²) in [4.78, 5) is 4.09. The number of benzene rings is 1. The lowest BCUT2D eigenvalue weighted by molar-refractivity contribution is 0.237. The van der Waals surface area contributed by atoms with Crippen molar-refractivity contribution in [3.8, 4) is 11.4 Å². The number of aliphatic hydroxyl groups is 1. The van der Waals surface area contributed by atoms with E-state index in [0.29, 0.717) is 5.82 Å². The molecule has 0 radical (unpaired) electrons. The van der Waals surface area contributed by atoms with Gasteiger partial charge in [-0.2, -0.15) is 4.98 Å². The molecule has 78 valence electrons. The van der Waals surface area contributed by atoms with Gasteiger partial charge in [0, 0.05) is 5.56 Å². The molecule has 1 aromatic carbocycles. The molecule has 3 N–H and O–H groups in total. The Bertz CT molecular complexity index is 427. The molecule has 0 saturated heterocycles. The molecule has 0 aliphatic carbocycles. The average Bonchev–Trinajstić information content (AvgIpc) is 2.78. The first kappa shape index (κ1) is 9.82. The molecule has 5 heteroatoms. The third-order valence-electron chi connectivity index (χ3n) is 1.99. The highest BCUT2D eigenvalue weighted by atomic mass is 16.5. The molecule has 2 aromatic rings.